The van der Waals surface area contributed by atoms with Crippen LogP contribution in [0.1, 0.15) is 30.4 Å². The summed E-state index contributed by atoms with van der Waals surface area (Å²) in [6, 6.07) is 15.9. The second-order valence-corrected chi connectivity index (χ2v) is 9.68. The Bertz CT molecular complexity index is 1080. The fourth-order valence-electron chi connectivity index (χ4n) is 5.36. The predicted octanol–water partition coefficient (Wildman–Crippen LogP) is 2.78. The molecule has 2 amide bonds. The van der Waals surface area contributed by atoms with Gasteiger partial charge in [-0.3, -0.25) is 14.5 Å². The Balaban J connectivity index is 1.06. The first-order chi connectivity index (χ1) is 16.9. The first-order valence-electron chi connectivity index (χ1n) is 12.3. The molecule has 1 heterocycles. The average Bonchev–Trinajstić information content (AvgIpc) is 3.60. The third-order valence-electron chi connectivity index (χ3n) is 7.62. The molecule has 1 saturated heterocycles. The lowest BCUT2D eigenvalue weighted by Gasteiger charge is -2.36. The van der Waals surface area contributed by atoms with E-state index in [0.29, 0.717) is 32.7 Å². The molecule has 0 radical (unpaired) electrons. The minimum atomic E-state index is -0.841. The van der Waals surface area contributed by atoms with E-state index in [4.69, 9.17) is 9.84 Å². The first-order valence-corrected chi connectivity index (χ1v) is 12.3. The molecule has 0 spiro atoms. The summed E-state index contributed by atoms with van der Waals surface area (Å²) in [5.41, 5.74) is 4.73. The van der Waals surface area contributed by atoms with Gasteiger partial charge >= 0.3 is 12.1 Å². The highest BCUT2D eigenvalue weighted by Crippen LogP contribution is 2.44. The van der Waals surface area contributed by atoms with Crippen LogP contribution in [0, 0.1) is 11.8 Å². The zero-order valence-corrected chi connectivity index (χ0v) is 19.9. The Labute approximate surface area is 204 Å². The summed E-state index contributed by atoms with van der Waals surface area (Å²) in [4.78, 5) is 40.1. The van der Waals surface area contributed by atoms with Crippen molar-refractivity contribution in [2.24, 2.45) is 11.8 Å². The molecule has 1 aliphatic heterocycles. The smallest absolute Gasteiger partial charge is 0.407 e. The lowest BCUT2D eigenvalue weighted by Crippen LogP contribution is -2.53. The number of hydrogen-bond acceptors (Lipinski definition) is 5. The minimum absolute atomic E-state index is 0.0194. The summed E-state index contributed by atoms with van der Waals surface area (Å²) < 4.78 is 5.58. The molecule has 0 aromatic heterocycles. The van der Waals surface area contributed by atoms with Gasteiger partial charge < -0.3 is 20.1 Å². The van der Waals surface area contributed by atoms with Gasteiger partial charge in [-0.05, 0) is 41.5 Å². The minimum Gasteiger partial charge on any atom is -0.480 e. The average molecular weight is 478 g/mol. The molecule has 35 heavy (non-hydrogen) atoms. The quantitative estimate of drug-likeness (QED) is 0.636. The number of hydrogen-bond donors (Lipinski definition) is 2. The lowest BCUT2D eigenvalue weighted by atomic mass is 9.98. The maximum atomic E-state index is 12.8. The van der Waals surface area contributed by atoms with E-state index in [1.165, 1.54) is 22.3 Å². The fourth-order valence-corrected chi connectivity index (χ4v) is 5.36. The van der Waals surface area contributed by atoms with E-state index in [0.717, 1.165) is 6.42 Å². The Hall–Kier alpha value is -3.39. The van der Waals surface area contributed by atoms with Gasteiger partial charge in [0.15, 0.2) is 0 Å². The Kier molecular flexibility index (Phi) is 6.47. The molecule has 3 aliphatic rings. The number of carbonyl (C=O) groups excluding carboxylic acids is 2. The summed E-state index contributed by atoms with van der Waals surface area (Å²) in [6.45, 7) is 4.57. The van der Waals surface area contributed by atoms with Crippen molar-refractivity contribution < 1.29 is 24.2 Å². The van der Waals surface area contributed by atoms with Gasteiger partial charge in [-0.1, -0.05) is 48.5 Å². The number of alkyl carbamates (subject to hydrolysis) is 1. The largest absolute Gasteiger partial charge is 0.480 e. The normalized spacial score (nSPS) is 22.1. The Morgan fingerprint density at radius 2 is 1.60 bits per heavy atom. The van der Waals surface area contributed by atoms with Gasteiger partial charge in [-0.15, -0.1) is 0 Å². The van der Waals surface area contributed by atoms with E-state index in [2.05, 4.69) is 29.6 Å². The van der Waals surface area contributed by atoms with Crippen molar-refractivity contribution in [3.8, 4) is 11.1 Å². The van der Waals surface area contributed by atoms with Crippen LogP contribution in [-0.2, 0) is 14.3 Å². The summed E-state index contributed by atoms with van der Waals surface area (Å²) in [5, 5.41) is 12.0. The number of nitrogens with zero attached hydrogens (tertiary/aromatic N) is 2. The van der Waals surface area contributed by atoms with E-state index in [-0.39, 0.29) is 30.3 Å². The molecule has 0 bridgehead atoms. The van der Waals surface area contributed by atoms with Crippen molar-refractivity contribution in [2.45, 2.75) is 25.3 Å². The molecule has 8 heteroatoms. The van der Waals surface area contributed by atoms with E-state index in [1.54, 1.807) is 6.92 Å². The standard InChI is InChI=1S/C27H31N3O5/c1-17(26(32)33)29-10-12-30(13-11-29)25(31)23-14-18(23)15-28-27(34)35-16-24-21-8-4-2-6-19(21)20-7-3-5-9-22(20)24/h2-9,17-18,23-24H,10-16H2,1H3,(H,28,34)(H,32,33). The number of aliphatic carboxylic acids is 1. The van der Waals surface area contributed by atoms with Crippen molar-refractivity contribution in [1.29, 1.82) is 0 Å². The van der Waals surface area contributed by atoms with Crippen molar-refractivity contribution in [3.05, 3.63) is 59.7 Å². The molecular formula is C27H31N3O5. The van der Waals surface area contributed by atoms with Crippen LogP contribution in [-0.4, -0.2) is 78.2 Å². The number of rotatable bonds is 7. The third-order valence-corrected chi connectivity index (χ3v) is 7.62. The molecule has 2 N–H and O–H groups in total. The number of amides is 2. The number of benzene rings is 2. The van der Waals surface area contributed by atoms with Crippen molar-refractivity contribution in [2.75, 3.05) is 39.3 Å². The molecule has 5 rings (SSSR count). The van der Waals surface area contributed by atoms with E-state index in [1.807, 2.05) is 34.1 Å². The number of carboxylic acid groups (broad SMARTS) is 1. The maximum Gasteiger partial charge on any atom is 0.407 e. The lowest BCUT2D eigenvalue weighted by molar-refractivity contribution is -0.144. The van der Waals surface area contributed by atoms with Crippen LogP contribution in [0.4, 0.5) is 4.79 Å². The highest BCUT2D eigenvalue weighted by molar-refractivity contribution is 5.82. The highest BCUT2D eigenvalue weighted by atomic mass is 16.5. The van der Waals surface area contributed by atoms with Gasteiger partial charge in [0.25, 0.3) is 0 Å². The molecule has 184 valence electrons. The second-order valence-electron chi connectivity index (χ2n) is 9.68. The third kappa shape index (κ3) is 4.75. The Morgan fingerprint density at radius 3 is 2.20 bits per heavy atom. The molecule has 8 nitrogen and oxygen atoms in total. The summed E-state index contributed by atoms with van der Waals surface area (Å²) in [6.07, 6.45) is 0.301. The van der Waals surface area contributed by atoms with Crippen LogP contribution in [0.3, 0.4) is 0 Å². The molecule has 1 saturated carbocycles. The van der Waals surface area contributed by atoms with Crippen LogP contribution in [0.25, 0.3) is 11.1 Å². The van der Waals surface area contributed by atoms with Crippen LogP contribution in [0.15, 0.2) is 48.5 Å². The molecule has 2 aromatic rings. The van der Waals surface area contributed by atoms with Crippen molar-refractivity contribution >= 4 is 18.0 Å². The fraction of sp³-hybridized carbons (Fsp3) is 0.444. The van der Waals surface area contributed by atoms with E-state index < -0.39 is 18.1 Å². The topological polar surface area (TPSA) is 99.2 Å². The number of carbonyl (C=O) groups is 3. The summed E-state index contributed by atoms with van der Waals surface area (Å²) >= 11 is 0. The number of piperazine rings is 1. The van der Waals surface area contributed by atoms with E-state index >= 15 is 0 Å². The molecule has 3 unspecified atom stereocenters. The molecule has 3 atom stereocenters. The Morgan fingerprint density at radius 1 is 1.00 bits per heavy atom. The van der Waals surface area contributed by atoms with Crippen LogP contribution in [0.2, 0.25) is 0 Å². The molecule has 2 aromatic carbocycles. The molecule has 2 aliphatic carbocycles. The number of carboxylic acids is 1. The number of nitrogens with one attached hydrogen (secondary N) is 1. The van der Waals surface area contributed by atoms with E-state index in [9.17, 15) is 14.4 Å². The monoisotopic (exact) mass is 477 g/mol. The van der Waals surface area contributed by atoms with Gasteiger partial charge in [0.1, 0.15) is 12.6 Å². The van der Waals surface area contributed by atoms with Gasteiger partial charge in [0.05, 0.1) is 0 Å². The molecule has 2 fully saturated rings. The number of ether oxygens (including phenoxy) is 1. The number of fused-ring (bicyclic) bond motifs is 3. The van der Waals surface area contributed by atoms with Gasteiger partial charge in [0.2, 0.25) is 5.91 Å². The van der Waals surface area contributed by atoms with Crippen LogP contribution < -0.4 is 5.32 Å². The molecular weight excluding hydrogens is 446 g/mol. The van der Waals surface area contributed by atoms with Gasteiger partial charge in [0, 0.05) is 44.6 Å². The highest BCUT2D eigenvalue weighted by Gasteiger charge is 2.45. The second kappa shape index (κ2) is 9.70. The zero-order valence-electron chi connectivity index (χ0n) is 19.9. The SMILES string of the molecule is CC(C(=O)O)N1CCN(C(=O)C2CC2CNC(=O)OCC2c3ccccc3-c3ccccc32)CC1. The summed E-state index contributed by atoms with van der Waals surface area (Å²) in [5.74, 6) is -0.671. The maximum absolute atomic E-state index is 12.8. The van der Waals surface area contributed by atoms with Crippen LogP contribution in [0.5, 0.6) is 0 Å². The van der Waals surface area contributed by atoms with Crippen molar-refractivity contribution in [1.82, 2.24) is 15.1 Å². The van der Waals surface area contributed by atoms with Gasteiger partial charge in [-0.25, -0.2) is 4.79 Å². The van der Waals surface area contributed by atoms with Crippen molar-refractivity contribution in [3.63, 3.8) is 0 Å². The summed E-state index contributed by atoms with van der Waals surface area (Å²) in [7, 11) is 0. The predicted molar refractivity (Wildman–Crippen MR) is 130 cm³/mol. The first kappa shape index (κ1) is 23.4. The van der Waals surface area contributed by atoms with Gasteiger partial charge in [-0.2, -0.15) is 0 Å². The zero-order chi connectivity index (χ0) is 24.5. The van der Waals surface area contributed by atoms with Crippen LogP contribution >= 0.6 is 0 Å².